The summed E-state index contributed by atoms with van der Waals surface area (Å²) < 4.78 is 0. The lowest BCUT2D eigenvalue weighted by molar-refractivity contribution is -0.143. The Morgan fingerprint density at radius 1 is 0.730 bits per heavy atom. The van der Waals surface area contributed by atoms with Crippen LogP contribution in [-0.4, -0.2) is 166 Å². The Morgan fingerprint density at radius 2 is 1.42 bits per heavy atom. The Balaban J connectivity index is 1.28. The molecule has 0 radical (unpaired) electrons. The van der Waals surface area contributed by atoms with Crippen molar-refractivity contribution in [3.8, 4) is 0 Å². The topological polar surface area (TPSA) is 397 Å². The molecule has 9 unspecified atom stereocenters. The molecule has 0 bridgehead atoms. The molecular formula is C63H87N15O11. The molecule has 480 valence electrons. The summed E-state index contributed by atoms with van der Waals surface area (Å²) in [5.74, 6) is -8.45. The number of amides is 11. The number of likely N-dealkylation sites (tertiary alicyclic amines) is 1. The van der Waals surface area contributed by atoms with E-state index in [2.05, 4.69) is 52.5 Å². The number of guanidine groups is 1. The largest absolute Gasteiger partial charge is 0.370 e. The van der Waals surface area contributed by atoms with Gasteiger partial charge in [0.1, 0.15) is 54.4 Å². The van der Waals surface area contributed by atoms with Gasteiger partial charge in [0.2, 0.25) is 65.0 Å². The number of hydrogen-bond acceptors (Lipinski definition) is 12. The maximum atomic E-state index is 15.1. The van der Waals surface area contributed by atoms with Crippen LogP contribution in [0.1, 0.15) is 122 Å². The summed E-state index contributed by atoms with van der Waals surface area (Å²) in [5, 5.41) is 24.9. The quantitative estimate of drug-likeness (QED) is 0.0348. The first-order chi connectivity index (χ1) is 42.6. The number of benzene rings is 3. The third kappa shape index (κ3) is 18.7. The highest BCUT2D eigenvalue weighted by Gasteiger charge is 2.42. The number of carbonyl (C=O) groups excluding carboxylic acids is 11. The SMILES string of the molecule is CCCCC(NC(C)=O)C(=O)NC1CC(=O)NCCCCC(C(=O)NC(C(=O)N2CCCC2C(N)=O)C(C)C)NC(=O)C(Cc2c[nH]c3ccccc23)NC(=O)C(CCCN=C(N)N)NC(=O)C(Cc2ccc3ccccc3c2)NC(=O)C2CCCN2C1=O. The minimum absolute atomic E-state index is 0.00421. The molecule has 26 nitrogen and oxygen atoms in total. The molecule has 3 saturated heterocycles. The molecule has 9 atom stereocenters. The predicted octanol–water partition coefficient (Wildman–Crippen LogP) is 0.577. The molecule has 26 heteroatoms. The van der Waals surface area contributed by atoms with Crippen LogP contribution in [-0.2, 0) is 65.6 Å². The first kappa shape index (κ1) is 67.4. The fourth-order valence-electron chi connectivity index (χ4n) is 11.8. The van der Waals surface area contributed by atoms with Crippen molar-refractivity contribution in [3.05, 3.63) is 84.1 Å². The molecule has 11 amide bonds. The summed E-state index contributed by atoms with van der Waals surface area (Å²) in [7, 11) is 0. The van der Waals surface area contributed by atoms with E-state index in [1.165, 1.54) is 16.7 Å². The van der Waals surface area contributed by atoms with Crippen molar-refractivity contribution in [3.63, 3.8) is 0 Å². The van der Waals surface area contributed by atoms with E-state index >= 15 is 14.4 Å². The number of primary amides is 1. The molecule has 3 fully saturated rings. The van der Waals surface area contributed by atoms with Gasteiger partial charge in [-0.1, -0.05) is 94.3 Å². The lowest BCUT2D eigenvalue weighted by Gasteiger charge is -2.31. The smallest absolute Gasteiger partial charge is 0.246 e. The Bertz CT molecular complexity index is 3250. The van der Waals surface area contributed by atoms with Gasteiger partial charge in [0, 0.05) is 63.0 Å². The zero-order valence-electron chi connectivity index (χ0n) is 51.2. The van der Waals surface area contributed by atoms with Crippen LogP contribution < -0.4 is 59.7 Å². The van der Waals surface area contributed by atoms with Crippen LogP contribution in [0.4, 0.5) is 0 Å². The fraction of sp³-hybridized carbons (Fsp3) is 0.524. The molecule has 0 spiro atoms. The van der Waals surface area contributed by atoms with Crippen LogP contribution in [0.2, 0.25) is 0 Å². The average molecular weight is 1230 g/mol. The van der Waals surface area contributed by atoms with Crippen LogP contribution in [0, 0.1) is 5.92 Å². The summed E-state index contributed by atoms with van der Waals surface area (Å²) in [6, 6.07) is 9.02. The fourth-order valence-corrected chi connectivity index (χ4v) is 11.8. The summed E-state index contributed by atoms with van der Waals surface area (Å²) in [5.41, 5.74) is 19.0. The maximum Gasteiger partial charge on any atom is 0.246 e. The molecule has 3 aliphatic rings. The van der Waals surface area contributed by atoms with Crippen molar-refractivity contribution in [2.45, 2.75) is 178 Å². The van der Waals surface area contributed by atoms with Crippen LogP contribution in [0.15, 0.2) is 77.9 Å². The van der Waals surface area contributed by atoms with E-state index in [0.29, 0.717) is 43.2 Å². The summed E-state index contributed by atoms with van der Waals surface area (Å²) in [4.78, 5) is 167. The monoisotopic (exact) mass is 1230 g/mol. The van der Waals surface area contributed by atoms with Gasteiger partial charge in [0.15, 0.2) is 5.96 Å². The van der Waals surface area contributed by atoms with E-state index in [1.807, 2.05) is 67.6 Å². The van der Waals surface area contributed by atoms with Gasteiger partial charge in [0.25, 0.3) is 0 Å². The summed E-state index contributed by atoms with van der Waals surface area (Å²) in [6.07, 6.45) is 4.11. The molecule has 89 heavy (non-hydrogen) atoms. The van der Waals surface area contributed by atoms with E-state index in [4.69, 9.17) is 17.2 Å². The molecular weight excluding hydrogens is 1140 g/mol. The number of rotatable bonds is 19. The van der Waals surface area contributed by atoms with Crippen LogP contribution >= 0.6 is 0 Å². The van der Waals surface area contributed by atoms with Gasteiger partial charge in [-0.05, 0) is 98.1 Å². The number of aromatic nitrogens is 1. The summed E-state index contributed by atoms with van der Waals surface area (Å²) in [6.45, 7) is 6.93. The van der Waals surface area contributed by atoms with Gasteiger partial charge in [-0.2, -0.15) is 0 Å². The number of fused-ring (bicyclic) bond motifs is 3. The van der Waals surface area contributed by atoms with Gasteiger partial charge in [0.05, 0.1) is 6.42 Å². The zero-order valence-corrected chi connectivity index (χ0v) is 51.2. The molecule has 0 saturated carbocycles. The minimum atomic E-state index is -1.53. The highest BCUT2D eigenvalue weighted by Crippen LogP contribution is 2.25. The van der Waals surface area contributed by atoms with E-state index < -0.39 is 132 Å². The molecule has 4 heterocycles. The number of nitrogens with one attached hydrogen (secondary N) is 9. The van der Waals surface area contributed by atoms with Crippen molar-refractivity contribution in [2.24, 2.45) is 28.1 Å². The molecule has 4 aromatic rings. The van der Waals surface area contributed by atoms with E-state index in [0.717, 1.165) is 21.7 Å². The minimum Gasteiger partial charge on any atom is -0.370 e. The Labute approximate surface area is 517 Å². The number of aromatic amines is 1. The van der Waals surface area contributed by atoms with Crippen LogP contribution in [0.3, 0.4) is 0 Å². The Hall–Kier alpha value is -9.10. The summed E-state index contributed by atoms with van der Waals surface area (Å²) >= 11 is 0. The van der Waals surface area contributed by atoms with Gasteiger partial charge < -0.3 is 74.5 Å². The maximum absolute atomic E-state index is 15.1. The number of hydrogen-bond donors (Lipinski definition) is 12. The zero-order chi connectivity index (χ0) is 64.3. The van der Waals surface area contributed by atoms with E-state index in [-0.39, 0.29) is 89.9 Å². The highest BCUT2D eigenvalue weighted by molar-refractivity contribution is 6.00. The van der Waals surface area contributed by atoms with Gasteiger partial charge >= 0.3 is 0 Å². The number of carbonyl (C=O) groups is 11. The molecule has 3 aromatic carbocycles. The van der Waals surface area contributed by atoms with Crippen molar-refractivity contribution in [1.82, 2.24) is 57.3 Å². The second kappa shape index (κ2) is 32.2. The third-order valence-corrected chi connectivity index (χ3v) is 16.5. The van der Waals surface area contributed by atoms with Crippen molar-refractivity contribution in [2.75, 3.05) is 26.2 Å². The van der Waals surface area contributed by atoms with Crippen molar-refractivity contribution < 1.29 is 52.7 Å². The number of H-pyrrole nitrogens is 1. The predicted molar refractivity (Wildman–Crippen MR) is 333 cm³/mol. The number of nitrogens with two attached hydrogens (primary N) is 3. The number of aliphatic imine (C=N–C) groups is 1. The average Bonchev–Trinajstić information content (AvgIpc) is 2.92. The van der Waals surface area contributed by atoms with Gasteiger partial charge in [-0.3, -0.25) is 57.7 Å². The lowest BCUT2D eigenvalue weighted by atomic mass is 9.99. The molecule has 15 N–H and O–H groups in total. The van der Waals surface area contributed by atoms with Gasteiger partial charge in [-0.15, -0.1) is 0 Å². The van der Waals surface area contributed by atoms with E-state index in [9.17, 15) is 38.4 Å². The van der Waals surface area contributed by atoms with Crippen molar-refractivity contribution >= 4 is 92.6 Å². The normalized spacial score (nSPS) is 22.6. The molecule has 7 rings (SSSR count). The molecule has 3 aliphatic heterocycles. The molecule has 1 aromatic heterocycles. The van der Waals surface area contributed by atoms with Crippen LogP contribution in [0.25, 0.3) is 21.7 Å². The number of para-hydroxylation sites is 1. The first-order valence-electron chi connectivity index (χ1n) is 31.0. The van der Waals surface area contributed by atoms with Gasteiger partial charge in [-0.25, -0.2) is 0 Å². The second-order valence-corrected chi connectivity index (χ2v) is 23.7. The highest BCUT2D eigenvalue weighted by atomic mass is 16.2. The second-order valence-electron chi connectivity index (χ2n) is 23.7. The first-order valence-corrected chi connectivity index (χ1v) is 31.0. The van der Waals surface area contributed by atoms with E-state index in [1.54, 1.807) is 26.1 Å². The number of nitrogens with zero attached hydrogens (tertiary/aromatic N) is 3. The third-order valence-electron chi connectivity index (χ3n) is 16.5. The van der Waals surface area contributed by atoms with Crippen LogP contribution in [0.5, 0.6) is 0 Å². The Kier molecular flexibility index (Phi) is 24.4. The van der Waals surface area contributed by atoms with Crippen molar-refractivity contribution in [1.29, 1.82) is 0 Å². The lowest BCUT2D eigenvalue weighted by Crippen LogP contribution is -2.61. The molecule has 0 aliphatic carbocycles. The Morgan fingerprint density at radius 3 is 2.15 bits per heavy atom. The standard InChI is InChI=1S/C63H87N15O11/c1-5-6-19-44(70-37(4)79)55(82)75-49-34-52(80)67-27-12-11-21-45(57(84)76-53(36(2)3)62(89)77-29-14-23-50(77)54(64)81)71-59(86)48(33-41-35-69-43-20-10-9-18-42(41)43)73-56(83)46(22-13-28-68-63(65)66)72-58(85)47(74-60(87)51-24-15-30-78(51)61(49)88)32-38-25-26-39-16-7-8-17-40(39)31-38/h7-10,16-18,20,25-26,31,35-36,44-51,53,69H,5-6,11-15,19,21-24,27-30,32-34H2,1-4H3,(H2,64,81)(H,67,80)(H,70,79)(H,71,86)(H,72,85)(H,73,83)(H,74,87)(H,75,82)(H,76,84)(H4,65,66,68). The number of unbranched alkanes of at least 4 members (excludes halogenated alkanes) is 1.